The van der Waals surface area contributed by atoms with Crippen molar-refractivity contribution < 1.29 is 9.53 Å². The van der Waals surface area contributed by atoms with Crippen LogP contribution in [0.2, 0.25) is 0 Å². The fourth-order valence-corrected chi connectivity index (χ4v) is 1.07. The van der Waals surface area contributed by atoms with Gasteiger partial charge in [0.25, 0.3) is 0 Å². The molecule has 0 rings (SSSR count). The lowest BCUT2D eigenvalue weighted by Crippen LogP contribution is -2.38. The highest BCUT2D eigenvalue weighted by Gasteiger charge is 2.18. The van der Waals surface area contributed by atoms with Crippen LogP contribution in [0, 0.1) is 5.92 Å². The van der Waals surface area contributed by atoms with Crippen LogP contribution >= 0.6 is 0 Å². The van der Waals surface area contributed by atoms with Gasteiger partial charge in [0.05, 0.1) is 0 Å². The van der Waals surface area contributed by atoms with Crippen molar-refractivity contribution in [3.8, 4) is 0 Å². The Morgan fingerprint density at radius 1 is 1.38 bits per heavy atom. The highest BCUT2D eigenvalue weighted by Crippen LogP contribution is 2.08. The van der Waals surface area contributed by atoms with Gasteiger partial charge in [-0.1, -0.05) is 13.8 Å². The second-order valence-electron chi connectivity index (χ2n) is 5.50. The van der Waals surface area contributed by atoms with E-state index in [-0.39, 0.29) is 6.09 Å². The number of amides is 1. The van der Waals surface area contributed by atoms with Crippen LogP contribution in [-0.4, -0.2) is 43.3 Å². The zero-order valence-electron chi connectivity index (χ0n) is 11.5. The smallest absolute Gasteiger partial charge is 0.410 e. The largest absolute Gasteiger partial charge is 0.444 e. The minimum atomic E-state index is -0.420. The second kappa shape index (κ2) is 6.74. The first-order valence-corrected chi connectivity index (χ1v) is 5.87. The van der Waals surface area contributed by atoms with Crippen molar-refractivity contribution in [2.45, 2.75) is 40.2 Å². The summed E-state index contributed by atoms with van der Waals surface area (Å²) in [6.45, 7) is 12.4. The standard InChI is InChI=1S/C12H26N2O2/c1-10(2)9-13-7-8-14(6)11(15)16-12(3,4)5/h10,13H,7-9H2,1-6H3. The van der Waals surface area contributed by atoms with Crippen molar-refractivity contribution in [1.29, 1.82) is 0 Å². The monoisotopic (exact) mass is 230 g/mol. The maximum Gasteiger partial charge on any atom is 0.410 e. The molecule has 0 spiro atoms. The van der Waals surface area contributed by atoms with E-state index in [4.69, 9.17) is 4.74 Å². The Hall–Kier alpha value is -0.770. The van der Waals surface area contributed by atoms with Gasteiger partial charge < -0.3 is 15.0 Å². The van der Waals surface area contributed by atoms with E-state index in [9.17, 15) is 4.79 Å². The van der Waals surface area contributed by atoms with E-state index in [1.54, 1.807) is 11.9 Å². The van der Waals surface area contributed by atoms with Gasteiger partial charge in [-0.3, -0.25) is 0 Å². The average Bonchev–Trinajstić information content (AvgIpc) is 2.08. The summed E-state index contributed by atoms with van der Waals surface area (Å²) in [6.07, 6.45) is -0.265. The minimum absolute atomic E-state index is 0.265. The fraction of sp³-hybridized carbons (Fsp3) is 0.917. The Balaban J connectivity index is 3.72. The molecular weight excluding hydrogens is 204 g/mol. The molecular formula is C12H26N2O2. The third-order valence-electron chi connectivity index (χ3n) is 1.88. The Bertz CT molecular complexity index is 210. The average molecular weight is 230 g/mol. The number of likely N-dealkylation sites (N-methyl/N-ethyl adjacent to an activating group) is 1. The number of nitrogens with zero attached hydrogens (tertiary/aromatic N) is 1. The first-order valence-electron chi connectivity index (χ1n) is 5.87. The van der Waals surface area contributed by atoms with Crippen LogP contribution in [0.1, 0.15) is 34.6 Å². The van der Waals surface area contributed by atoms with Crippen LogP contribution in [0.3, 0.4) is 0 Å². The van der Waals surface area contributed by atoms with Crippen molar-refractivity contribution in [3.05, 3.63) is 0 Å². The van der Waals surface area contributed by atoms with Crippen molar-refractivity contribution >= 4 is 6.09 Å². The predicted octanol–water partition coefficient (Wildman–Crippen LogP) is 2.10. The van der Waals surface area contributed by atoms with E-state index in [1.165, 1.54) is 0 Å². The molecule has 0 aromatic carbocycles. The summed E-state index contributed by atoms with van der Waals surface area (Å²) in [5.74, 6) is 0.631. The zero-order chi connectivity index (χ0) is 12.8. The molecule has 0 unspecified atom stereocenters. The summed E-state index contributed by atoms with van der Waals surface area (Å²) in [6, 6.07) is 0. The quantitative estimate of drug-likeness (QED) is 0.735. The van der Waals surface area contributed by atoms with Gasteiger partial charge in [-0.25, -0.2) is 4.79 Å². The lowest BCUT2D eigenvalue weighted by Gasteiger charge is -2.24. The molecule has 0 aliphatic carbocycles. The van der Waals surface area contributed by atoms with Crippen LogP contribution < -0.4 is 5.32 Å². The first kappa shape index (κ1) is 15.2. The van der Waals surface area contributed by atoms with Crippen LogP contribution in [0.4, 0.5) is 4.79 Å². The topological polar surface area (TPSA) is 41.6 Å². The summed E-state index contributed by atoms with van der Waals surface area (Å²) in [7, 11) is 1.76. The molecule has 0 fully saturated rings. The molecule has 0 atom stereocenters. The molecule has 0 radical (unpaired) electrons. The molecule has 0 aromatic heterocycles. The SMILES string of the molecule is CC(C)CNCCN(C)C(=O)OC(C)(C)C. The number of hydrogen-bond acceptors (Lipinski definition) is 3. The van der Waals surface area contributed by atoms with Gasteiger partial charge in [-0.2, -0.15) is 0 Å². The lowest BCUT2D eigenvalue weighted by molar-refractivity contribution is 0.0300. The molecule has 0 bridgehead atoms. The fourth-order valence-electron chi connectivity index (χ4n) is 1.07. The first-order chi connectivity index (χ1) is 7.22. The molecule has 4 nitrogen and oxygen atoms in total. The molecule has 0 heterocycles. The van der Waals surface area contributed by atoms with Crippen molar-refractivity contribution in [2.75, 3.05) is 26.7 Å². The molecule has 0 aliphatic heterocycles. The highest BCUT2D eigenvalue weighted by atomic mass is 16.6. The summed E-state index contributed by atoms with van der Waals surface area (Å²) in [5, 5.41) is 3.28. The second-order valence-corrected chi connectivity index (χ2v) is 5.50. The molecule has 1 amide bonds. The Labute approximate surface area is 99.3 Å². The molecule has 0 saturated carbocycles. The molecule has 0 aliphatic rings. The van der Waals surface area contributed by atoms with Gasteiger partial charge in [0.2, 0.25) is 0 Å². The summed E-state index contributed by atoms with van der Waals surface area (Å²) in [4.78, 5) is 13.2. The van der Waals surface area contributed by atoms with Crippen molar-refractivity contribution in [3.63, 3.8) is 0 Å². The molecule has 1 N–H and O–H groups in total. The summed E-state index contributed by atoms with van der Waals surface area (Å²) in [5.41, 5.74) is -0.420. The molecule has 96 valence electrons. The van der Waals surface area contributed by atoms with Crippen molar-refractivity contribution in [1.82, 2.24) is 10.2 Å². The third-order valence-corrected chi connectivity index (χ3v) is 1.88. The Kier molecular flexibility index (Phi) is 6.41. The lowest BCUT2D eigenvalue weighted by atomic mass is 10.2. The maximum atomic E-state index is 11.6. The van der Waals surface area contributed by atoms with Gasteiger partial charge in [-0.05, 0) is 33.2 Å². The molecule has 16 heavy (non-hydrogen) atoms. The number of nitrogens with one attached hydrogen (secondary N) is 1. The predicted molar refractivity (Wildman–Crippen MR) is 66.6 cm³/mol. The van der Waals surface area contributed by atoms with Crippen LogP contribution in [0.5, 0.6) is 0 Å². The summed E-state index contributed by atoms with van der Waals surface area (Å²) < 4.78 is 5.24. The highest BCUT2D eigenvalue weighted by molar-refractivity contribution is 5.67. The van der Waals surface area contributed by atoms with Gasteiger partial charge in [0.1, 0.15) is 5.60 Å². The van der Waals surface area contributed by atoms with E-state index < -0.39 is 5.60 Å². The van der Waals surface area contributed by atoms with Gasteiger partial charge in [-0.15, -0.1) is 0 Å². The van der Waals surface area contributed by atoms with E-state index in [1.807, 2.05) is 20.8 Å². The zero-order valence-corrected chi connectivity index (χ0v) is 11.5. The third kappa shape index (κ3) is 8.53. The van der Waals surface area contributed by atoms with E-state index in [0.29, 0.717) is 12.5 Å². The Morgan fingerprint density at radius 2 is 1.94 bits per heavy atom. The molecule has 4 heteroatoms. The van der Waals surface area contributed by atoms with E-state index in [2.05, 4.69) is 19.2 Å². The Morgan fingerprint density at radius 3 is 2.38 bits per heavy atom. The van der Waals surface area contributed by atoms with E-state index in [0.717, 1.165) is 13.1 Å². The van der Waals surface area contributed by atoms with E-state index >= 15 is 0 Å². The number of carbonyl (C=O) groups is 1. The van der Waals surface area contributed by atoms with Gasteiger partial charge >= 0.3 is 6.09 Å². The van der Waals surface area contributed by atoms with Gasteiger partial charge in [0.15, 0.2) is 0 Å². The number of hydrogen-bond donors (Lipinski definition) is 1. The van der Waals surface area contributed by atoms with Gasteiger partial charge in [0, 0.05) is 20.1 Å². The number of rotatable bonds is 5. The van der Waals surface area contributed by atoms with Crippen molar-refractivity contribution in [2.24, 2.45) is 5.92 Å². The molecule has 0 aromatic rings. The summed E-state index contributed by atoms with van der Waals surface area (Å²) >= 11 is 0. The van der Waals surface area contributed by atoms with Crippen LogP contribution in [0.15, 0.2) is 0 Å². The number of ether oxygens (including phenoxy) is 1. The van der Waals surface area contributed by atoms with Crippen LogP contribution in [-0.2, 0) is 4.74 Å². The number of carbonyl (C=O) groups excluding carboxylic acids is 1. The minimum Gasteiger partial charge on any atom is -0.444 e. The normalized spacial score (nSPS) is 11.7. The van der Waals surface area contributed by atoms with Crippen LogP contribution in [0.25, 0.3) is 0 Å². The maximum absolute atomic E-state index is 11.6. The molecule has 0 saturated heterocycles.